The smallest absolute Gasteiger partial charge is 0.128 e. The topological polar surface area (TPSA) is 26.6 Å². The first-order chi connectivity index (χ1) is 18.1. The van der Waals surface area contributed by atoms with Crippen LogP contribution in [-0.4, -0.2) is 35.7 Å². The highest BCUT2D eigenvalue weighted by Gasteiger charge is 2.12. The fourth-order valence-electron chi connectivity index (χ4n) is 4.65. The Morgan fingerprint density at radius 1 is 0.811 bits per heavy atom. The van der Waals surface area contributed by atoms with Crippen LogP contribution in [0.1, 0.15) is 51.2 Å². The fraction of sp³-hybridized carbons (Fsp3) is 0.375. The summed E-state index contributed by atoms with van der Waals surface area (Å²) in [4.78, 5) is 2.43. The maximum atomic E-state index is 6.14. The van der Waals surface area contributed by atoms with Gasteiger partial charge < -0.3 is 18.9 Å². The summed E-state index contributed by atoms with van der Waals surface area (Å²) in [5, 5.41) is 1.94. The molecule has 0 unspecified atom stereocenters. The Bertz CT molecular complexity index is 1240. The van der Waals surface area contributed by atoms with Gasteiger partial charge in [0.25, 0.3) is 0 Å². The van der Waals surface area contributed by atoms with Crippen LogP contribution in [0.4, 0.5) is 0 Å². The van der Waals surface area contributed by atoms with Crippen molar-refractivity contribution in [3.8, 4) is 17.2 Å². The SMILES string of the molecule is CCCCn1cc(Cc2ccc(OCCCN(CC)CC)cc2)c2cc(Oc3ccc(Cl)cc3)ccc21. The van der Waals surface area contributed by atoms with Crippen molar-refractivity contribution < 1.29 is 9.47 Å². The second-order valence-electron chi connectivity index (χ2n) is 9.49. The first-order valence-corrected chi connectivity index (χ1v) is 14.0. The molecule has 4 nitrogen and oxygen atoms in total. The number of ether oxygens (including phenoxy) is 2. The molecule has 1 heterocycles. The lowest BCUT2D eigenvalue weighted by atomic mass is 10.0. The highest BCUT2D eigenvalue weighted by molar-refractivity contribution is 6.30. The molecule has 1 aromatic heterocycles. The highest BCUT2D eigenvalue weighted by Crippen LogP contribution is 2.31. The third-order valence-electron chi connectivity index (χ3n) is 6.84. The number of aryl methyl sites for hydroxylation is 1. The van der Waals surface area contributed by atoms with Crippen LogP contribution in [-0.2, 0) is 13.0 Å². The average Bonchev–Trinajstić information content (AvgIpc) is 3.26. The summed E-state index contributed by atoms with van der Waals surface area (Å²) in [5.74, 6) is 2.55. The van der Waals surface area contributed by atoms with Crippen molar-refractivity contribution in [1.82, 2.24) is 9.47 Å². The van der Waals surface area contributed by atoms with Gasteiger partial charge in [-0.05, 0) is 98.1 Å². The number of unbranched alkanes of at least 4 members (excludes halogenated alkanes) is 1. The molecule has 0 amide bonds. The molecule has 0 atom stereocenters. The molecule has 0 saturated carbocycles. The Labute approximate surface area is 226 Å². The van der Waals surface area contributed by atoms with Crippen molar-refractivity contribution in [3.63, 3.8) is 0 Å². The van der Waals surface area contributed by atoms with E-state index in [2.05, 4.69) is 78.9 Å². The quantitative estimate of drug-likeness (QED) is 0.156. The molecular weight excluding hydrogens is 480 g/mol. The molecular formula is C32H39ClN2O2. The number of nitrogens with zero attached hydrogens (tertiary/aromatic N) is 2. The van der Waals surface area contributed by atoms with E-state index in [1.165, 1.54) is 28.5 Å². The fourth-order valence-corrected chi connectivity index (χ4v) is 4.77. The lowest BCUT2D eigenvalue weighted by molar-refractivity contribution is 0.249. The molecule has 37 heavy (non-hydrogen) atoms. The van der Waals surface area contributed by atoms with Crippen molar-refractivity contribution in [2.75, 3.05) is 26.2 Å². The van der Waals surface area contributed by atoms with Crippen LogP contribution in [0.2, 0.25) is 5.02 Å². The van der Waals surface area contributed by atoms with E-state index in [1.807, 2.05) is 24.3 Å². The predicted octanol–water partition coefficient (Wildman–Crippen LogP) is 8.59. The Morgan fingerprint density at radius 3 is 2.22 bits per heavy atom. The zero-order valence-corrected chi connectivity index (χ0v) is 23.1. The van der Waals surface area contributed by atoms with Gasteiger partial charge in [-0.15, -0.1) is 0 Å². The highest BCUT2D eigenvalue weighted by atomic mass is 35.5. The van der Waals surface area contributed by atoms with Crippen LogP contribution >= 0.6 is 11.6 Å². The number of halogens is 1. The van der Waals surface area contributed by atoms with E-state index < -0.39 is 0 Å². The van der Waals surface area contributed by atoms with Gasteiger partial charge in [0.2, 0.25) is 0 Å². The van der Waals surface area contributed by atoms with Gasteiger partial charge in [-0.25, -0.2) is 0 Å². The Kier molecular flexibility index (Phi) is 9.92. The van der Waals surface area contributed by atoms with Crippen LogP contribution in [0.25, 0.3) is 10.9 Å². The van der Waals surface area contributed by atoms with Gasteiger partial charge >= 0.3 is 0 Å². The zero-order valence-electron chi connectivity index (χ0n) is 22.4. The van der Waals surface area contributed by atoms with Crippen LogP contribution in [0, 0.1) is 0 Å². The Hall–Kier alpha value is -2.95. The second-order valence-corrected chi connectivity index (χ2v) is 9.92. The van der Waals surface area contributed by atoms with E-state index in [9.17, 15) is 0 Å². The lowest BCUT2D eigenvalue weighted by Crippen LogP contribution is -2.25. The third kappa shape index (κ3) is 7.53. The average molecular weight is 519 g/mol. The van der Waals surface area contributed by atoms with E-state index in [4.69, 9.17) is 21.1 Å². The molecule has 0 aliphatic rings. The molecule has 196 valence electrons. The van der Waals surface area contributed by atoms with Crippen LogP contribution in [0.15, 0.2) is 72.9 Å². The van der Waals surface area contributed by atoms with Gasteiger partial charge in [-0.2, -0.15) is 0 Å². The largest absolute Gasteiger partial charge is 0.494 e. The molecule has 4 rings (SSSR count). The van der Waals surface area contributed by atoms with Gasteiger partial charge in [0.05, 0.1) is 6.61 Å². The number of fused-ring (bicyclic) bond motifs is 1. The summed E-state index contributed by atoms with van der Waals surface area (Å²) < 4.78 is 14.5. The number of rotatable bonds is 14. The molecule has 0 N–H and O–H groups in total. The Balaban J connectivity index is 1.47. The number of hydrogen-bond donors (Lipinski definition) is 0. The number of aromatic nitrogens is 1. The van der Waals surface area contributed by atoms with Gasteiger partial charge in [-0.1, -0.05) is 50.9 Å². The van der Waals surface area contributed by atoms with Crippen molar-refractivity contribution in [1.29, 1.82) is 0 Å². The first kappa shape index (κ1) is 27.1. The van der Waals surface area contributed by atoms with Gasteiger partial charge in [0.15, 0.2) is 0 Å². The number of hydrogen-bond acceptors (Lipinski definition) is 3. The van der Waals surface area contributed by atoms with E-state index in [1.54, 1.807) is 0 Å². The summed E-state index contributed by atoms with van der Waals surface area (Å²) in [7, 11) is 0. The molecule has 0 aliphatic heterocycles. The summed E-state index contributed by atoms with van der Waals surface area (Å²) in [6, 6.07) is 22.4. The monoisotopic (exact) mass is 518 g/mol. The molecule has 5 heteroatoms. The van der Waals surface area contributed by atoms with Crippen molar-refractivity contribution >= 4 is 22.5 Å². The van der Waals surface area contributed by atoms with Crippen LogP contribution < -0.4 is 9.47 Å². The van der Waals surface area contributed by atoms with Gasteiger partial charge in [0.1, 0.15) is 17.2 Å². The van der Waals surface area contributed by atoms with E-state index in [-0.39, 0.29) is 0 Å². The van der Waals surface area contributed by atoms with Crippen molar-refractivity contribution in [2.45, 2.75) is 53.0 Å². The minimum atomic E-state index is 0.703. The summed E-state index contributed by atoms with van der Waals surface area (Å²) in [6.07, 6.45) is 6.54. The molecule has 4 aromatic rings. The standard InChI is InChI=1S/C32H39ClN2O2/c1-4-7-20-35-24-26(22-25-9-13-28(14-10-25)36-21-8-19-34(5-2)6-3)31-23-30(17-18-32(31)35)37-29-15-11-27(33)12-16-29/h9-18,23-24H,4-8,19-22H2,1-3H3. The van der Waals surface area contributed by atoms with Crippen LogP contribution in [0.5, 0.6) is 17.2 Å². The van der Waals surface area contributed by atoms with Gasteiger partial charge in [0, 0.05) is 35.2 Å². The minimum absolute atomic E-state index is 0.703. The van der Waals surface area contributed by atoms with E-state index >= 15 is 0 Å². The second kappa shape index (κ2) is 13.6. The number of benzene rings is 3. The summed E-state index contributed by atoms with van der Waals surface area (Å²) in [6.45, 7) is 11.7. The third-order valence-corrected chi connectivity index (χ3v) is 7.09. The first-order valence-electron chi connectivity index (χ1n) is 13.6. The molecule has 0 saturated heterocycles. The molecule has 0 fully saturated rings. The van der Waals surface area contributed by atoms with E-state index in [0.717, 1.165) is 69.3 Å². The zero-order chi connectivity index (χ0) is 26.0. The van der Waals surface area contributed by atoms with Crippen LogP contribution in [0.3, 0.4) is 0 Å². The molecule has 0 bridgehead atoms. The molecule has 0 radical (unpaired) electrons. The Morgan fingerprint density at radius 2 is 1.51 bits per heavy atom. The maximum Gasteiger partial charge on any atom is 0.128 e. The predicted molar refractivity (Wildman–Crippen MR) is 156 cm³/mol. The maximum absolute atomic E-state index is 6.14. The minimum Gasteiger partial charge on any atom is -0.494 e. The summed E-state index contributed by atoms with van der Waals surface area (Å²) in [5.41, 5.74) is 3.83. The van der Waals surface area contributed by atoms with Crippen molar-refractivity contribution in [3.05, 3.63) is 89.1 Å². The van der Waals surface area contributed by atoms with E-state index in [0.29, 0.717) is 5.02 Å². The van der Waals surface area contributed by atoms with Crippen molar-refractivity contribution in [2.24, 2.45) is 0 Å². The lowest BCUT2D eigenvalue weighted by Gasteiger charge is -2.17. The van der Waals surface area contributed by atoms with Gasteiger partial charge in [-0.3, -0.25) is 0 Å². The molecule has 0 spiro atoms. The normalized spacial score (nSPS) is 11.4. The summed E-state index contributed by atoms with van der Waals surface area (Å²) >= 11 is 6.03. The molecule has 0 aliphatic carbocycles. The molecule has 3 aromatic carbocycles.